The summed E-state index contributed by atoms with van der Waals surface area (Å²) in [6, 6.07) is 0. The summed E-state index contributed by atoms with van der Waals surface area (Å²) in [5, 5.41) is 11.4. The van der Waals surface area contributed by atoms with Gasteiger partial charge in [-0.2, -0.15) is 0 Å². The Hall–Kier alpha value is -1.36. The molecule has 1 rings (SSSR count). The van der Waals surface area contributed by atoms with Crippen molar-refractivity contribution < 1.29 is 0 Å². The van der Waals surface area contributed by atoms with Crippen LogP contribution in [0.5, 0.6) is 0 Å². The van der Waals surface area contributed by atoms with Crippen molar-refractivity contribution in [1.29, 1.82) is 0 Å². The maximum absolute atomic E-state index is 4.08. The van der Waals surface area contributed by atoms with Gasteiger partial charge in [-0.1, -0.05) is 5.21 Å². The zero-order chi connectivity index (χ0) is 12.7. The number of nitrogens with zero attached hydrogens (tertiary/aromatic N) is 4. The highest BCUT2D eigenvalue weighted by Crippen LogP contribution is 1.96. The summed E-state index contributed by atoms with van der Waals surface area (Å²) in [5.74, 6) is 0. The van der Waals surface area contributed by atoms with Gasteiger partial charge in [0.15, 0.2) is 0 Å². The van der Waals surface area contributed by atoms with Crippen molar-refractivity contribution in [2.75, 3.05) is 20.1 Å². The Kier molecular flexibility index (Phi) is 5.69. The quantitative estimate of drug-likeness (QED) is 0.775. The van der Waals surface area contributed by atoms with Crippen molar-refractivity contribution in [3.8, 4) is 0 Å². The molecule has 96 valence electrons. The van der Waals surface area contributed by atoms with Crippen molar-refractivity contribution in [3.63, 3.8) is 0 Å². The average Bonchev–Trinajstić information content (AvgIpc) is 2.76. The molecule has 5 heteroatoms. The van der Waals surface area contributed by atoms with E-state index in [2.05, 4.69) is 54.5 Å². The molecule has 17 heavy (non-hydrogen) atoms. The van der Waals surface area contributed by atoms with Crippen molar-refractivity contribution >= 4 is 0 Å². The monoisotopic (exact) mass is 237 g/mol. The number of aryl methyl sites for hydroxylation is 1. The van der Waals surface area contributed by atoms with Gasteiger partial charge in [-0.15, -0.1) is 5.10 Å². The van der Waals surface area contributed by atoms with Crippen LogP contribution in [0.25, 0.3) is 0 Å². The first-order chi connectivity index (χ1) is 8.15. The zero-order valence-corrected chi connectivity index (χ0v) is 11.3. The lowest BCUT2D eigenvalue weighted by atomic mass is 10.3. The van der Waals surface area contributed by atoms with Crippen LogP contribution in [-0.4, -0.2) is 40.0 Å². The van der Waals surface area contributed by atoms with E-state index in [0.717, 1.165) is 31.9 Å². The molecular formula is C12H23N5. The van der Waals surface area contributed by atoms with Crippen LogP contribution in [-0.2, 0) is 13.1 Å². The van der Waals surface area contributed by atoms with E-state index in [0.29, 0.717) is 0 Å². The van der Waals surface area contributed by atoms with Gasteiger partial charge in [0.05, 0.1) is 5.69 Å². The molecule has 0 atom stereocenters. The number of rotatable bonds is 7. The summed E-state index contributed by atoms with van der Waals surface area (Å²) in [6.45, 7) is 9.86. The first kappa shape index (κ1) is 13.7. The molecule has 0 aromatic carbocycles. The van der Waals surface area contributed by atoms with Gasteiger partial charge in [-0.25, -0.2) is 0 Å². The third kappa shape index (κ3) is 4.99. The Morgan fingerprint density at radius 1 is 1.53 bits per heavy atom. The molecule has 0 aliphatic rings. The smallest absolute Gasteiger partial charge is 0.0964 e. The lowest BCUT2D eigenvalue weighted by Gasteiger charge is -2.12. The molecule has 0 spiro atoms. The predicted molar refractivity (Wildman–Crippen MR) is 69.5 cm³/mol. The fourth-order valence-electron chi connectivity index (χ4n) is 1.47. The molecule has 0 saturated heterocycles. The zero-order valence-electron chi connectivity index (χ0n) is 11.3. The minimum Gasteiger partial charge on any atom is -0.381 e. The minimum absolute atomic E-state index is 0.765. The van der Waals surface area contributed by atoms with E-state index >= 15 is 0 Å². The minimum atomic E-state index is 0.765. The van der Waals surface area contributed by atoms with Crippen LogP contribution in [0.2, 0.25) is 0 Å². The first-order valence-electron chi connectivity index (χ1n) is 6.13. The van der Waals surface area contributed by atoms with Crippen LogP contribution in [0.3, 0.4) is 0 Å². The molecule has 0 fully saturated rings. The van der Waals surface area contributed by atoms with Gasteiger partial charge in [0.2, 0.25) is 0 Å². The van der Waals surface area contributed by atoms with Crippen LogP contribution in [0.1, 0.15) is 26.5 Å². The SMILES string of the molecule is CCN(C)C=C(C)CNCc1cn(CC)nn1. The highest BCUT2D eigenvalue weighted by Gasteiger charge is 1.99. The Balaban J connectivity index is 2.30. The highest BCUT2D eigenvalue weighted by atomic mass is 15.4. The maximum Gasteiger partial charge on any atom is 0.0964 e. The van der Waals surface area contributed by atoms with Gasteiger partial charge in [-0.3, -0.25) is 4.68 Å². The van der Waals surface area contributed by atoms with Crippen molar-refractivity contribution in [3.05, 3.63) is 23.7 Å². The molecule has 1 aromatic heterocycles. The number of hydrogen-bond donors (Lipinski definition) is 1. The number of aromatic nitrogens is 3. The van der Waals surface area contributed by atoms with Gasteiger partial charge in [0.1, 0.15) is 0 Å². The summed E-state index contributed by atoms with van der Waals surface area (Å²) in [5.41, 5.74) is 2.31. The highest BCUT2D eigenvalue weighted by molar-refractivity contribution is 5.00. The van der Waals surface area contributed by atoms with E-state index in [9.17, 15) is 0 Å². The number of nitrogens with one attached hydrogen (secondary N) is 1. The molecule has 1 aromatic rings. The fourth-order valence-corrected chi connectivity index (χ4v) is 1.47. The third-order valence-electron chi connectivity index (χ3n) is 2.56. The molecule has 0 aliphatic heterocycles. The predicted octanol–water partition coefficient (Wildman–Crippen LogP) is 1.24. The second kappa shape index (κ2) is 7.06. The molecule has 0 saturated carbocycles. The average molecular weight is 237 g/mol. The van der Waals surface area contributed by atoms with Gasteiger partial charge in [-0.05, 0) is 32.5 Å². The summed E-state index contributed by atoms with van der Waals surface area (Å²) < 4.78 is 1.84. The van der Waals surface area contributed by atoms with E-state index in [4.69, 9.17) is 0 Å². The van der Waals surface area contributed by atoms with Crippen LogP contribution < -0.4 is 5.32 Å². The summed E-state index contributed by atoms with van der Waals surface area (Å²) in [7, 11) is 2.08. The maximum atomic E-state index is 4.08. The Bertz CT molecular complexity index is 356. The molecule has 5 nitrogen and oxygen atoms in total. The Labute approximate surface area is 103 Å². The van der Waals surface area contributed by atoms with E-state index in [1.807, 2.05) is 10.9 Å². The van der Waals surface area contributed by atoms with Crippen molar-refractivity contribution in [2.24, 2.45) is 0 Å². The molecule has 0 radical (unpaired) electrons. The lowest BCUT2D eigenvalue weighted by Crippen LogP contribution is -2.18. The Morgan fingerprint density at radius 3 is 2.88 bits per heavy atom. The van der Waals surface area contributed by atoms with E-state index in [-0.39, 0.29) is 0 Å². The fraction of sp³-hybridized carbons (Fsp3) is 0.667. The van der Waals surface area contributed by atoms with Crippen molar-refractivity contribution in [2.45, 2.75) is 33.9 Å². The van der Waals surface area contributed by atoms with Gasteiger partial charge < -0.3 is 10.2 Å². The largest absolute Gasteiger partial charge is 0.381 e. The van der Waals surface area contributed by atoms with Gasteiger partial charge in [0.25, 0.3) is 0 Å². The second-order valence-electron chi connectivity index (χ2n) is 4.22. The lowest BCUT2D eigenvalue weighted by molar-refractivity contribution is 0.477. The molecule has 0 aliphatic carbocycles. The molecule has 0 bridgehead atoms. The van der Waals surface area contributed by atoms with E-state index < -0.39 is 0 Å². The topological polar surface area (TPSA) is 46.0 Å². The number of hydrogen-bond acceptors (Lipinski definition) is 4. The summed E-state index contributed by atoms with van der Waals surface area (Å²) >= 11 is 0. The van der Waals surface area contributed by atoms with Gasteiger partial charge in [0, 0.05) is 39.4 Å². The normalized spacial score (nSPS) is 11.9. The third-order valence-corrected chi connectivity index (χ3v) is 2.56. The molecule has 1 N–H and O–H groups in total. The van der Waals surface area contributed by atoms with Crippen LogP contribution >= 0.6 is 0 Å². The second-order valence-corrected chi connectivity index (χ2v) is 4.22. The molecular weight excluding hydrogens is 214 g/mol. The standard InChI is InChI=1S/C12H23N5/c1-5-16(4)9-11(3)7-13-8-12-10-17(6-2)15-14-12/h9-10,13H,5-8H2,1-4H3. The van der Waals surface area contributed by atoms with E-state index in [1.54, 1.807) is 0 Å². The summed E-state index contributed by atoms with van der Waals surface area (Å²) in [6.07, 6.45) is 4.14. The molecule has 0 amide bonds. The van der Waals surface area contributed by atoms with Gasteiger partial charge >= 0.3 is 0 Å². The Morgan fingerprint density at radius 2 is 2.29 bits per heavy atom. The van der Waals surface area contributed by atoms with Crippen LogP contribution in [0.4, 0.5) is 0 Å². The van der Waals surface area contributed by atoms with E-state index in [1.165, 1.54) is 5.57 Å². The van der Waals surface area contributed by atoms with Crippen LogP contribution in [0, 0.1) is 0 Å². The molecule has 1 heterocycles. The summed E-state index contributed by atoms with van der Waals surface area (Å²) in [4.78, 5) is 2.17. The van der Waals surface area contributed by atoms with Crippen molar-refractivity contribution in [1.82, 2.24) is 25.2 Å². The van der Waals surface area contributed by atoms with Crippen LogP contribution in [0.15, 0.2) is 18.0 Å². The molecule has 0 unspecified atom stereocenters. The first-order valence-corrected chi connectivity index (χ1v) is 6.13.